The van der Waals surface area contributed by atoms with Gasteiger partial charge < -0.3 is 20.5 Å². The summed E-state index contributed by atoms with van der Waals surface area (Å²) >= 11 is 0. The van der Waals surface area contributed by atoms with Crippen molar-refractivity contribution in [1.29, 1.82) is 0 Å². The standard InChI is InChI=1S/C15H24N2O3.ClH/c1-19-13-7-3-5-12(9-13)6-4-8-17-15(18)10-14(11-16)20-2;/h3,5,7,9,14H,4,6,8,10-11,16H2,1-2H3,(H,17,18);1H. The number of hydrogen-bond acceptors (Lipinski definition) is 4. The minimum Gasteiger partial charge on any atom is -0.497 e. The third kappa shape index (κ3) is 7.90. The van der Waals surface area contributed by atoms with Crippen molar-refractivity contribution < 1.29 is 14.3 Å². The van der Waals surface area contributed by atoms with E-state index in [-0.39, 0.29) is 24.4 Å². The first-order chi connectivity index (χ1) is 9.69. The van der Waals surface area contributed by atoms with Crippen LogP contribution in [0.5, 0.6) is 5.75 Å². The van der Waals surface area contributed by atoms with Crippen LogP contribution >= 0.6 is 12.4 Å². The van der Waals surface area contributed by atoms with E-state index in [0.717, 1.165) is 18.6 Å². The molecule has 5 nitrogen and oxygen atoms in total. The molecule has 21 heavy (non-hydrogen) atoms. The summed E-state index contributed by atoms with van der Waals surface area (Å²) < 4.78 is 10.2. The Hall–Kier alpha value is -1.30. The van der Waals surface area contributed by atoms with Crippen molar-refractivity contribution in [2.75, 3.05) is 27.3 Å². The second-order valence-corrected chi connectivity index (χ2v) is 4.60. The van der Waals surface area contributed by atoms with Crippen molar-refractivity contribution in [2.45, 2.75) is 25.4 Å². The van der Waals surface area contributed by atoms with Crippen molar-refractivity contribution in [3.05, 3.63) is 29.8 Å². The maximum absolute atomic E-state index is 11.6. The molecule has 0 aliphatic rings. The highest BCUT2D eigenvalue weighted by Gasteiger charge is 2.10. The molecule has 6 heteroatoms. The molecule has 1 aromatic carbocycles. The lowest BCUT2D eigenvalue weighted by Gasteiger charge is -2.12. The average molecular weight is 317 g/mol. The Kier molecular flexibility index (Phi) is 10.7. The number of halogens is 1. The van der Waals surface area contributed by atoms with Crippen molar-refractivity contribution in [3.8, 4) is 5.75 Å². The molecule has 0 saturated heterocycles. The maximum Gasteiger partial charge on any atom is 0.222 e. The minimum absolute atomic E-state index is 0. The van der Waals surface area contributed by atoms with Gasteiger partial charge in [0, 0.05) is 20.2 Å². The van der Waals surface area contributed by atoms with Gasteiger partial charge in [-0.15, -0.1) is 12.4 Å². The molecule has 120 valence electrons. The lowest BCUT2D eigenvalue weighted by molar-refractivity contribution is -0.123. The van der Waals surface area contributed by atoms with Crippen LogP contribution in [0.1, 0.15) is 18.4 Å². The number of aryl methyl sites for hydroxylation is 1. The van der Waals surface area contributed by atoms with Gasteiger partial charge in [0.2, 0.25) is 5.91 Å². The van der Waals surface area contributed by atoms with Gasteiger partial charge in [-0.05, 0) is 30.5 Å². The number of methoxy groups -OCH3 is 2. The third-order valence-corrected chi connectivity index (χ3v) is 3.11. The van der Waals surface area contributed by atoms with Gasteiger partial charge in [0.1, 0.15) is 5.75 Å². The second-order valence-electron chi connectivity index (χ2n) is 4.60. The summed E-state index contributed by atoms with van der Waals surface area (Å²) in [5.74, 6) is 0.838. The highest BCUT2D eigenvalue weighted by atomic mass is 35.5. The zero-order valence-electron chi connectivity index (χ0n) is 12.6. The molecule has 0 aliphatic heterocycles. The molecule has 0 aliphatic carbocycles. The number of hydrogen-bond donors (Lipinski definition) is 2. The maximum atomic E-state index is 11.6. The molecule has 1 atom stereocenters. The van der Waals surface area contributed by atoms with Crippen LogP contribution in [0.4, 0.5) is 0 Å². The Morgan fingerprint density at radius 1 is 1.38 bits per heavy atom. The fourth-order valence-electron chi connectivity index (χ4n) is 1.89. The van der Waals surface area contributed by atoms with E-state index in [1.807, 2.05) is 18.2 Å². The molecule has 1 amide bonds. The van der Waals surface area contributed by atoms with Crippen LogP contribution in [-0.4, -0.2) is 39.3 Å². The first kappa shape index (κ1) is 19.7. The second kappa shape index (κ2) is 11.4. The lowest BCUT2D eigenvalue weighted by atomic mass is 10.1. The number of carbonyl (C=O) groups excluding carboxylic acids is 1. The highest BCUT2D eigenvalue weighted by molar-refractivity contribution is 5.85. The number of ether oxygens (including phenoxy) is 2. The zero-order chi connectivity index (χ0) is 14.8. The largest absolute Gasteiger partial charge is 0.497 e. The molecular weight excluding hydrogens is 292 g/mol. The molecule has 0 heterocycles. The number of rotatable bonds is 9. The topological polar surface area (TPSA) is 73.6 Å². The Labute approximate surface area is 132 Å². The van der Waals surface area contributed by atoms with E-state index in [0.29, 0.717) is 19.5 Å². The van der Waals surface area contributed by atoms with Crippen LogP contribution < -0.4 is 15.8 Å². The normalized spacial score (nSPS) is 11.4. The molecule has 0 spiro atoms. The van der Waals surface area contributed by atoms with Gasteiger partial charge in [-0.1, -0.05) is 12.1 Å². The van der Waals surface area contributed by atoms with Crippen LogP contribution in [-0.2, 0) is 16.0 Å². The summed E-state index contributed by atoms with van der Waals surface area (Å²) in [5.41, 5.74) is 6.68. The highest BCUT2D eigenvalue weighted by Crippen LogP contribution is 2.13. The fraction of sp³-hybridized carbons (Fsp3) is 0.533. The summed E-state index contributed by atoms with van der Waals surface area (Å²) in [6, 6.07) is 7.96. The number of nitrogens with one attached hydrogen (secondary N) is 1. The first-order valence-corrected chi connectivity index (χ1v) is 6.82. The smallest absolute Gasteiger partial charge is 0.222 e. The van der Waals surface area contributed by atoms with E-state index in [2.05, 4.69) is 11.4 Å². The van der Waals surface area contributed by atoms with Gasteiger partial charge in [-0.3, -0.25) is 4.79 Å². The van der Waals surface area contributed by atoms with Gasteiger partial charge in [-0.2, -0.15) is 0 Å². The quantitative estimate of drug-likeness (QED) is 0.678. The van der Waals surface area contributed by atoms with E-state index in [9.17, 15) is 4.79 Å². The predicted molar refractivity (Wildman–Crippen MR) is 86.0 cm³/mol. The molecule has 0 bridgehead atoms. The predicted octanol–water partition coefficient (Wildman–Crippen LogP) is 1.53. The minimum atomic E-state index is -0.201. The third-order valence-electron chi connectivity index (χ3n) is 3.11. The zero-order valence-corrected chi connectivity index (χ0v) is 13.4. The van der Waals surface area contributed by atoms with Gasteiger partial charge in [0.25, 0.3) is 0 Å². The number of nitrogens with two attached hydrogens (primary N) is 1. The van der Waals surface area contributed by atoms with Crippen molar-refractivity contribution >= 4 is 18.3 Å². The summed E-state index contributed by atoms with van der Waals surface area (Å²) in [6.07, 6.45) is 1.90. The average Bonchev–Trinajstić information content (AvgIpc) is 2.49. The first-order valence-electron chi connectivity index (χ1n) is 6.82. The monoisotopic (exact) mass is 316 g/mol. The Bertz CT molecular complexity index is 412. The summed E-state index contributed by atoms with van der Waals surface area (Å²) in [7, 11) is 3.22. The van der Waals surface area contributed by atoms with Gasteiger partial charge in [0.05, 0.1) is 19.6 Å². The van der Waals surface area contributed by atoms with E-state index < -0.39 is 0 Å². The molecule has 0 fully saturated rings. The van der Waals surface area contributed by atoms with Gasteiger partial charge in [0.15, 0.2) is 0 Å². The van der Waals surface area contributed by atoms with Crippen molar-refractivity contribution in [2.24, 2.45) is 5.73 Å². The molecule has 1 aromatic rings. The fourth-order valence-corrected chi connectivity index (χ4v) is 1.89. The number of benzene rings is 1. The molecule has 0 saturated carbocycles. The van der Waals surface area contributed by atoms with Crippen LogP contribution in [0, 0.1) is 0 Å². The summed E-state index contributed by atoms with van der Waals surface area (Å²) in [6.45, 7) is 1.00. The molecular formula is C15H25ClN2O3. The van der Waals surface area contributed by atoms with E-state index in [1.165, 1.54) is 5.56 Å². The van der Waals surface area contributed by atoms with E-state index in [1.54, 1.807) is 14.2 Å². The number of carbonyl (C=O) groups is 1. The van der Waals surface area contributed by atoms with Crippen LogP contribution in [0.15, 0.2) is 24.3 Å². The number of amides is 1. The summed E-state index contributed by atoms with van der Waals surface area (Å²) in [5, 5.41) is 2.87. The van der Waals surface area contributed by atoms with Crippen molar-refractivity contribution in [1.82, 2.24) is 5.32 Å². The van der Waals surface area contributed by atoms with E-state index >= 15 is 0 Å². The molecule has 0 aromatic heterocycles. The van der Waals surface area contributed by atoms with Gasteiger partial charge >= 0.3 is 0 Å². The molecule has 1 unspecified atom stereocenters. The lowest BCUT2D eigenvalue weighted by Crippen LogP contribution is -2.32. The SMILES string of the molecule is COc1cccc(CCCNC(=O)CC(CN)OC)c1.Cl. The molecule has 3 N–H and O–H groups in total. The Morgan fingerprint density at radius 3 is 2.76 bits per heavy atom. The van der Waals surface area contributed by atoms with E-state index in [4.69, 9.17) is 15.2 Å². The molecule has 1 rings (SSSR count). The summed E-state index contributed by atoms with van der Waals surface area (Å²) in [4.78, 5) is 11.6. The van der Waals surface area contributed by atoms with Crippen LogP contribution in [0.2, 0.25) is 0 Å². The van der Waals surface area contributed by atoms with Crippen molar-refractivity contribution in [3.63, 3.8) is 0 Å². The van der Waals surface area contributed by atoms with Crippen LogP contribution in [0.3, 0.4) is 0 Å². The molecule has 0 radical (unpaired) electrons. The van der Waals surface area contributed by atoms with Gasteiger partial charge in [-0.25, -0.2) is 0 Å². The Morgan fingerprint density at radius 2 is 2.14 bits per heavy atom. The Balaban J connectivity index is 0.00000400. The van der Waals surface area contributed by atoms with Crippen LogP contribution in [0.25, 0.3) is 0 Å².